The monoisotopic (exact) mass is 373 g/mol. The summed E-state index contributed by atoms with van der Waals surface area (Å²) >= 11 is 1.37. The fourth-order valence-electron chi connectivity index (χ4n) is 2.77. The number of aliphatic imine (C=N–C) groups is 1. The first kappa shape index (κ1) is 15.3. The second-order valence-corrected chi connectivity index (χ2v) is 6.48. The average Bonchev–Trinajstić information content (AvgIpc) is 3.33. The molecule has 5 heterocycles. The number of hydrogen-bond acceptors (Lipinski definition) is 9. The first-order chi connectivity index (χ1) is 13.3. The zero-order valence-corrected chi connectivity index (χ0v) is 14.6. The molecule has 0 aliphatic carbocycles. The van der Waals surface area contributed by atoms with Crippen molar-refractivity contribution in [1.82, 2.24) is 28.9 Å². The van der Waals surface area contributed by atoms with E-state index in [-0.39, 0.29) is 0 Å². The van der Waals surface area contributed by atoms with Gasteiger partial charge in [-0.2, -0.15) is 14.6 Å². The van der Waals surface area contributed by atoms with Crippen LogP contribution in [-0.2, 0) is 0 Å². The summed E-state index contributed by atoms with van der Waals surface area (Å²) in [6.45, 7) is 0. The number of hydrogen-bond donors (Lipinski definition) is 2. The Hall–Kier alpha value is -3.97. The lowest BCUT2D eigenvalue weighted by Gasteiger charge is -2.21. The molecular formula is C17H11N9S. The van der Waals surface area contributed by atoms with E-state index in [4.69, 9.17) is 5.26 Å². The third-order valence-electron chi connectivity index (χ3n) is 3.98. The van der Waals surface area contributed by atoms with E-state index in [2.05, 4.69) is 36.2 Å². The summed E-state index contributed by atoms with van der Waals surface area (Å²) in [5.74, 6) is 1.12. The van der Waals surface area contributed by atoms with E-state index in [1.165, 1.54) is 17.9 Å². The second-order valence-electron chi connectivity index (χ2n) is 5.71. The molecule has 0 saturated heterocycles. The minimum absolute atomic E-state index is 0.466. The zero-order valence-electron chi connectivity index (χ0n) is 13.7. The van der Waals surface area contributed by atoms with Crippen LogP contribution in [0.1, 0.15) is 11.1 Å². The number of nitrogens with one attached hydrogen (secondary N) is 2. The predicted molar refractivity (Wildman–Crippen MR) is 99.2 cm³/mol. The van der Waals surface area contributed by atoms with Gasteiger partial charge in [-0.25, -0.2) is 10.0 Å². The number of fused-ring (bicyclic) bond motifs is 2. The molecule has 130 valence electrons. The van der Waals surface area contributed by atoms with E-state index in [9.17, 15) is 0 Å². The van der Waals surface area contributed by atoms with Gasteiger partial charge in [0.1, 0.15) is 6.07 Å². The Labute approximate surface area is 157 Å². The van der Waals surface area contributed by atoms with E-state index in [1.54, 1.807) is 29.7 Å². The largest absolute Gasteiger partial charge is 0.357 e. The summed E-state index contributed by atoms with van der Waals surface area (Å²) in [7, 11) is 0. The number of nitrogens with zero attached hydrogens (tertiary/aromatic N) is 7. The molecule has 2 N–H and O–H groups in total. The lowest BCUT2D eigenvalue weighted by atomic mass is 10.1. The number of pyridine rings is 2. The lowest BCUT2D eigenvalue weighted by Crippen LogP contribution is -2.34. The molecule has 27 heavy (non-hydrogen) atoms. The van der Waals surface area contributed by atoms with Gasteiger partial charge in [-0.3, -0.25) is 14.2 Å². The maximum atomic E-state index is 9.10. The number of hydrazine groups is 1. The van der Waals surface area contributed by atoms with Crippen LogP contribution in [0.3, 0.4) is 0 Å². The van der Waals surface area contributed by atoms with E-state index in [1.807, 2.05) is 28.3 Å². The first-order valence-corrected chi connectivity index (χ1v) is 8.69. The Balaban J connectivity index is 1.57. The van der Waals surface area contributed by atoms with Gasteiger partial charge < -0.3 is 5.32 Å². The molecule has 0 fully saturated rings. The minimum Gasteiger partial charge on any atom is -0.357 e. The van der Waals surface area contributed by atoms with Gasteiger partial charge in [-0.1, -0.05) is 0 Å². The maximum Gasteiger partial charge on any atom is 0.244 e. The highest BCUT2D eigenvalue weighted by Crippen LogP contribution is 2.25. The maximum absolute atomic E-state index is 9.10. The Bertz CT molecular complexity index is 1250. The molecule has 2 aliphatic heterocycles. The second kappa shape index (κ2) is 6.08. The van der Waals surface area contributed by atoms with Crippen molar-refractivity contribution in [2.75, 3.05) is 0 Å². The molecule has 10 heteroatoms. The van der Waals surface area contributed by atoms with Crippen LogP contribution in [0.5, 0.6) is 0 Å². The Morgan fingerprint density at radius 3 is 3.11 bits per heavy atom. The van der Waals surface area contributed by atoms with Gasteiger partial charge in [0.15, 0.2) is 5.82 Å². The minimum atomic E-state index is 0.466. The molecule has 0 atom stereocenters. The standard InChI is InChI=1S/C17H11N9S/c18-7-11-5-12(9-19-8-11)15-16-23-17(24-25(16)4-2-20-15)22-13-1-3-26-14(6-13)10-21-27-26/h1-6,8-10,20H,(H,23,24). The summed E-state index contributed by atoms with van der Waals surface area (Å²) in [6.07, 6.45) is 10.5. The van der Waals surface area contributed by atoms with Crippen molar-refractivity contribution in [1.29, 1.82) is 5.26 Å². The first-order valence-electron chi connectivity index (χ1n) is 7.96. The van der Waals surface area contributed by atoms with E-state index in [0.29, 0.717) is 17.3 Å². The third-order valence-corrected chi connectivity index (χ3v) is 4.69. The summed E-state index contributed by atoms with van der Waals surface area (Å²) in [5, 5.41) is 14.8. The highest BCUT2D eigenvalue weighted by Gasteiger charge is 2.24. The number of rotatable bonds is 1. The molecule has 0 amide bonds. The Morgan fingerprint density at radius 2 is 2.19 bits per heavy atom. The van der Waals surface area contributed by atoms with Gasteiger partial charge in [0.2, 0.25) is 5.96 Å². The number of guanidine groups is 1. The highest BCUT2D eigenvalue weighted by molar-refractivity contribution is 7.00. The summed E-state index contributed by atoms with van der Waals surface area (Å²) in [6, 6.07) is 7.70. The van der Waals surface area contributed by atoms with Crippen LogP contribution in [-0.4, -0.2) is 24.1 Å². The van der Waals surface area contributed by atoms with Gasteiger partial charge in [-0.15, -0.1) is 0 Å². The van der Waals surface area contributed by atoms with Crippen LogP contribution in [0.4, 0.5) is 0 Å². The van der Waals surface area contributed by atoms with Crippen molar-refractivity contribution in [3.63, 3.8) is 0 Å². The average molecular weight is 373 g/mol. The van der Waals surface area contributed by atoms with Gasteiger partial charge in [0, 0.05) is 36.6 Å². The normalized spacial score (nSPS) is 16.0. The highest BCUT2D eigenvalue weighted by atomic mass is 32.1. The summed E-state index contributed by atoms with van der Waals surface area (Å²) < 4.78 is 6.10. The fraction of sp³-hybridized carbons (Fsp3) is 0. The molecule has 0 spiro atoms. The Morgan fingerprint density at radius 1 is 1.22 bits per heavy atom. The molecule has 0 unspecified atom stereocenters. The van der Waals surface area contributed by atoms with Gasteiger partial charge in [0.05, 0.1) is 40.1 Å². The van der Waals surface area contributed by atoms with Crippen LogP contribution >= 0.6 is 11.7 Å². The summed E-state index contributed by atoms with van der Waals surface area (Å²) in [5.41, 5.74) is 6.11. The van der Waals surface area contributed by atoms with Crippen molar-refractivity contribution < 1.29 is 0 Å². The smallest absolute Gasteiger partial charge is 0.244 e. The van der Waals surface area contributed by atoms with Crippen LogP contribution < -0.4 is 16.1 Å². The molecule has 3 aromatic heterocycles. The molecule has 0 bridgehead atoms. The van der Waals surface area contributed by atoms with Gasteiger partial charge in [-0.05, 0) is 18.2 Å². The lowest BCUT2D eigenvalue weighted by molar-refractivity contribution is 0.432. The van der Waals surface area contributed by atoms with Crippen LogP contribution in [0.25, 0.3) is 11.2 Å². The van der Waals surface area contributed by atoms with Crippen molar-refractivity contribution >= 4 is 28.9 Å². The molecule has 9 nitrogen and oxygen atoms in total. The topological polar surface area (TPSA) is 106 Å². The molecule has 0 aromatic carbocycles. The van der Waals surface area contributed by atoms with E-state index >= 15 is 0 Å². The predicted octanol–water partition coefficient (Wildman–Crippen LogP) is 1.14. The van der Waals surface area contributed by atoms with Crippen molar-refractivity contribution in [2.24, 2.45) is 9.98 Å². The van der Waals surface area contributed by atoms with Crippen molar-refractivity contribution in [3.8, 4) is 6.07 Å². The van der Waals surface area contributed by atoms with Crippen LogP contribution in [0, 0.1) is 11.3 Å². The fourth-order valence-corrected chi connectivity index (χ4v) is 3.33. The van der Waals surface area contributed by atoms with Crippen molar-refractivity contribution in [2.45, 2.75) is 0 Å². The van der Waals surface area contributed by atoms with Crippen LogP contribution in [0.15, 0.2) is 71.2 Å². The quantitative estimate of drug-likeness (QED) is 0.663. The molecule has 5 rings (SSSR count). The molecule has 2 aliphatic rings. The van der Waals surface area contributed by atoms with Gasteiger partial charge >= 0.3 is 0 Å². The molecular weight excluding hydrogens is 362 g/mol. The third kappa shape index (κ3) is 2.72. The molecule has 0 radical (unpaired) electrons. The summed E-state index contributed by atoms with van der Waals surface area (Å²) in [4.78, 5) is 13.3. The number of aromatic nitrogens is 3. The van der Waals surface area contributed by atoms with Crippen LogP contribution in [0.2, 0.25) is 0 Å². The Kier molecular flexibility index (Phi) is 3.44. The number of nitriles is 1. The SMILES string of the molecule is N#Cc1cncc(C2=C3N=C(N=c4ccn5sncc5c4)NN3C=CN2)c1. The molecule has 3 aromatic rings. The molecule has 0 saturated carbocycles. The van der Waals surface area contributed by atoms with E-state index in [0.717, 1.165) is 22.1 Å². The van der Waals surface area contributed by atoms with Gasteiger partial charge in [0.25, 0.3) is 0 Å². The zero-order chi connectivity index (χ0) is 18.2. The van der Waals surface area contributed by atoms with Crippen molar-refractivity contribution in [3.05, 3.63) is 77.7 Å². The van der Waals surface area contributed by atoms with E-state index < -0.39 is 0 Å².